The number of rotatable bonds is 0. The van der Waals surface area contributed by atoms with Gasteiger partial charge in [0.05, 0.1) is 19.3 Å². The topological polar surface area (TPSA) is 53.1 Å². The van der Waals surface area contributed by atoms with E-state index in [1.54, 1.807) is 6.20 Å². The Labute approximate surface area is 94.6 Å². The molecule has 0 unspecified atom stereocenters. The molecule has 2 heterocycles. The van der Waals surface area contributed by atoms with Gasteiger partial charge in [-0.15, -0.1) is 24.8 Å². The average molecular weight is 238 g/mol. The van der Waals surface area contributed by atoms with Crippen LogP contribution in [0.25, 0.3) is 0 Å². The van der Waals surface area contributed by atoms with E-state index in [1.165, 1.54) is 12.8 Å². The number of ether oxygens (including phenoxy) is 1. The molecule has 1 aliphatic heterocycles. The van der Waals surface area contributed by atoms with Crippen molar-refractivity contribution in [3.8, 4) is 5.88 Å². The Balaban J connectivity index is 0.000000490. The number of halogens is 2. The van der Waals surface area contributed by atoms with Gasteiger partial charge in [-0.1, -0.05) is 0 Å². The van der Waals surface area contributed by atoms with Crippen LogP contribution >= 0.6 is 24.8 Å². The molecule has 0 radical (unpaired) electrons. The minimum absolute atomic E-state index is 0. The monoisotopic (exact) mass is 237 g/mol. The number of nitrogens with two attached hydrogens (primary N) is 1. The van der Waals surface area contributed by atoms with E-state index in [-0.39, 0.29) is 24.8 Å². The van der Waals surface area contributed by atoms with E-state index in [0.29, 0.717) is 11.1 Å². The number of nitrogens with zero attached hydrogens (tertiary/aromatic N) is 2. The molecule has 14 heavy (non-hydrogen) atoms. The van der Waals surface area contributed by atoms with Gasteiger partial charge in [-0.25, -0.2) is 4.68 Å². The molecule has 1 spiro atoms. The van der Waals surface area contributed by atoms with Crippen molar-refractivity contribution in [2.24, 2.45) is 5.41 Å². The number of aromatic nitrogens is 2. The second-order valence-corrected chi connectivity index (χ2v) is 3.85. The lowest BCUT2D eigenvalue weighted by Gasteiger charge is -2.23. The molecule has 0 saturated heterocycles. The normalized spacial score (nSPS) is 20.0. The van der Waals surface area contributed by atoms with Crippen molar-refractivity contribution in [3.63, 3.8) is 0 Å². The van der Waals surface area contributed by atoms with Crippen molar-refractivity contribution in [3.05, 3.63) is 6.20 Å². The van der Waals surface area contributed by atoms with Crippen LogP contribution in [0.4, 0.5) is 5.69 Å². The highest BCUT2D eigenvalue weighted by molar-refractivity contribution is 5.85. The first-order chi connectivity index (χ1) is 5.79. The molecule has 0 aromatic carbocycles. The van der Waals surface area contributed by atoms with Crippen LogP contribution in [0.15, 0.2) is 6.20 Å². The van der Waals surface area contributed by atoms with Gasteiger partial charge in [-0.3, -0.25) is 0 Å². The van der Waals surface area contributed by atoms with Gasteiger partial charge >= 0.3 is 0 Å². The second-order valence-electron chi connectivity index (χ2n) is 3.85. The highest BCUT2D eigenvalue weighted by Crippen LogP contribution is 2.50. The van der Waals surface area contributed by atoms with E-state index in [2.05, 4.69) is 5.10 Å². The van der Waals surface area contributed by atoms with E-state index in [1.807, 2.05) is 4.68 Å². The summed E-state index contributed by atoms with van der Waals surface area (Å²) in [7, 11) is 0. The summed E-state index contributed by atoms with van der Waals surface area (Å²) in [5.74, 6) is 0.757. The molecule has 1 fully saturated rings. The van der Waals surface area contributed by atoms with Crippen LogP contribution in [-0.2, 0) is 6.54 Å². The fraction of sp³-hybridized carbons (Fsp3) is 0.625. The number of fused-ring (bicyclic) bond motifs is 1. The van der Waals surface area contributed by atoms with Crippen molar-refractivity contribution >= 4 is 30.5 Å². The Morgan fingerprint density at radius 1 is 1.43 bits per heavy atom. The molecule has 2 N–H and O–H groups in total. The summed E-state index contributed by atoms with van der Waals surface area (Å²) < 4.78 is 7.43. The summed E-state index contributed by atoms with van der Waals surface area (Å²) in [6.07, 6.45) is 4.20. The lowest BCUT2D eigenvalue weighted by atomic mass is 10.1. The predicted molar refractivity (Wildman–Crippen MR) is 58.3 cm³/mol. The highest BCUT2D eigenvalue weighted by atomic mass is 35.5. The maximum Gasteiger partial charge on any atom is 0.235 e. The van der Waals surface area contributed by atoms with Crippen molar-refractivity contribution in [2.75, 3.05) is 12.3 Å². The Bertz CT molecular complexity index is 335. The fourth-order valence-corrected chi connectivity index (χ4v) is 1.72. The van der Waals surface area contributed by atoms with Crippen LogP contribution in [0.1, 0.15) is 12.8 Å². The van der Waals surface area contributed by atoms with E-state index >= 15 is 0 Å². The first-order valence-corrected chi connectivity index (χ1v) is 4.23. The van der Waals surface area contributed by atoms with E-state index in [9.17, 15) is 0 Å². The Morgan fingerprint density at radius 2 is 2.14 bits per heavy atom. The van der Waals surface area contributed by atoms with E-state index in [4.69, 9.17) is 10.5 Å². The van der Waals surface area contributed by atoms with Crippen molar-refractivity contribution in [1.82, 2.24) is 9.78 Å². The van der Waals surface area contributed by atoms with Crippen molar-refractivity contribution < 1.29 is 4.74 Å². The zero-order chi connectivity index (χ0) is 8.18. The summed E-state index contributed by atoms with van der Waals surface area (Å²) >= 11 is 0. The number of hydrogen-bond acceptors (Lipinski definition) is 3. The van der Waals surface area contributed by atoms with Crippen LogP contribution in [0.5, 0.6) is 5.88 Å². The minimum Gasteiger partial charge on any atom is -0.476 e. The van der Waals surface area contributed by atoms with Crippen LogP contribution in [0, 0.1) is 5.41 Å². The maximum absolute atomic E-state index is 5.66. The third kappa shape index (κ3) is 1.53. The van der Waals surface area contributed by atoms with Gasteiger partial charge in [0.1, 0.15) is 5.69 Å². The largest absolute Gasteiger partial charge is 0.476 e. The first kappa shape index (κ1) is 11.5. The molecule has 1 saturated carbocycles. The molecule has 2 aliphatic rings. The van der Waals surface area contributed by atoms with Crippen LogP contribution < -0.4 is 10.5 Å². The SMILES string of the molecule is Cl.Cl.Nc1cnn2c1OCC1(CC1)C2. The third-order valence-electron chi connectivity index (χ3n) is 2.77. The number of hydrogen-bond donors (Lipinski definition) is 1. The van der Waals surface area contributed by atoms with Crippen LogP contribution in [0.2, 0.25) is 0 Å². The zero-order valence-corrected chi connectivity index (χ0v) is 9.24. The van der Waals surface area contributed by atoms with Gasteiger partial charge in [0.2, 0.25) is 5.88 Å². The summed E-state index contributed by atoms with van der Waals surface area (Å²) in [5.41, 5.74) is 6.73. The predicted octanol–water partition coefficient (Wildman–Crippen LogP) is 1.48. The van der Waals surface area contributed by atoms with Crippen molar-refractivity contribution in [2.45, 2.75) is 19.4 Å². The van der Waals surface area contributed by atoms with Crippen LogP contribution in [0.3, 0.4) is 0 Å². The third-order valence-corrected chi connectivity index (χ3v) is 2.77. The molecular weight excluding hydrogens is 225 g/mol. The van der Waals surface area contributed by atoms with Gasteiger partial charge in [-0.05, 0) is 12.8 Å². The Morgan fingerprint density at radius 3 is 2.79 bits per heavy atom. The Hall–Kier alpha value is -0.610. The zero-order valence-electron chi connectivity index (χ0n) is 7.60. The number of nitrogen functional groups attached to an aromatic ring is 1. The van der Waals surface area contributed by atoms with Gasteiger partial charge in [0, 0.05) is 5.41 Å². The van der Waals surface area contributed by atoms with Crippen LogP contribution in [-0.4, -0.2) is 16.4 Å². The van der Waals surface area contributed by atoms with Gasteiger partial charge in [0.15, 0.2) is 0 Å². The molecule has 4 nitrogen and oxygen atoms in total. The summed E-state index contributed by atoms with van der Waals surface area (Å²) in [5, 5.41) is 4.16. The Kier molecular flexibility index (Phi) is 2.88. The second kappa shape index (κ2) is 3.51. The quantitative estimate of drug-likeness (QED) is 0.744. The molecule has 1 aromatic rings. The maximum atomic E-state index is 5.66. The summed E-state index contributed by atoms with van der Waals surface area (Å²) in [4.78, 5) is 0. The molecular formula is C8H13Cl2N3O. The average Bonchev–Trinajstić information content (AvgIpc) is 2.71. The minimum atomic E-state index is 0. The van der Waals surface area contributed by atoms with E-state index < -0.39 is 0 Å². The van der Waals surface area contributed by atoms with E-state index in [0.717, 1.165) is 19.0 Å². The lowest BCUT2D eigenvalue weighted by Crippen LogP contribution is -2.27. The van der Waals surface area contributed by atoms with Gasteiger partial charge in [-0.2, -0.15) is 5.10 Å². The molecule has 0 amide bonds. The molecule has 0 bridgehead atoms. The molecule has 6 heteroatoms. The van der Waals surface area contributed by atoms with Gasteiger partial charge in [0.25, 0.3) is 0 Å². The molecule has 1 aromatic heterocycles. The standard InChI is InChI=1S/C8H11N3O.2ClH/c9-6-3-10-11-4-8(1-2-8)5-12-7(6)11;;/h3H,1-2,4-5,9H2;2*1H. The summed E-state index contributed by atoms with van der Waals surface area (Å²) in [6.45, 7) is 1.81. The van der Waals surface area contributed by atoms with Gasteiger partial charge < -0.3 is 10.5 Å². The molecule has 0 atom stereocenters. The smallest absolute Gasteiger partial charge is 0.235 e. The highest BCUT2D eigenvalue weighted by Gasteiger charge is 2.47. The van der Waals surface area contributed by atoms with Crippen molar-refractivity contribution in [1.29, 1.82) is 0 Å². The number of anilines is 1. The lowest BCUT2D eigenvalue weighted by molar-refractivity contribution is 0.150. The summed E-state index contributed by atoms with van der Waals surface area (Å²) in [6, 6.07) is 0. The fourth-order valence-electron chi connectivity index (χ4n) is 1.72. The first-order valence-electron chi connectivity index (χ1n) is 4.23. The molecule has 1 aliphatic carbocycles. The molecule has 80 valence electrons. The molecule has 3 rings (SSSR count).